The summed E-state index contributed by atoms with van der Waals surface area (Å²) in [4.78, 5) is 1.14. The van der Waals surface area contributed by atoms with Gasteiger partial charge in [-0.2, -0.15) is 0 Å². The van der Waals surface area contributed by atoms with Crippen molar-refractivity contribution in [2.45, 2.75) is 12.5 Å². The van der Waals surface area contributed by atoms with Crippen molar-refractivity contribution in [2.75, 3.05) is 6.61 Å². The van der Waals surface area contributed by atoms with Gasteiger partial charge in [-0.05, 0) is 43.5 Å². The Morgan fingerprint density at radius 3 is 2.89 bits per heavy atom. The number of hydrogen-bond donors (Lipinski definition) is 2. The number of nitrogens with one attached hydrogen (secondary N) is 1. The number of para-hydroxylation sites is 1. The molecule has 1 aliphatic rings. The van der Waals surface area contributed by atoms with E-state index in [1.54, 1.807) is 11.3 Å². The van der Waals surface area contributed by atoms with Crippen LogP contribution < -0.4 is 16.0 Å². The Balaban J connectivity index is 2.06. The molecular formula is C13H12Br2N2OS. The number of nitrogens with two attached hydrogens (primary N) is 1. The highest BCUT2D eigenvalue weighted by Gasteiger charge is 2.24. The Morgan fingerprint density at radius 1 is 1.37 bits per heavy atom. The molecule has 3 rings (SSSR count). The van der Waals surface area contributed by atoms with Crippen LogP contribution in [0.3, 0.4) is 0 Å². The monoisotopic (exact) mass is 402 g/mol. The van der Waals surface area contributed by atoms with Crippen LogP contribution in [-0.2, 0) is 6.42 Å². The maximum atomic E-state index is 5.76. The fourth-order valence-corrected chi connectivity index (χ4v) is 4.47. The fraction of sp³-hybridized carbons (Fsp3) is 0.231. The third-order valence-corrected chi connectivity index (χ3v) is 6.49. The van der Waals surface area contributed by atoms with Crippen LogP contribution >= 0.6 is 43.2 Å². The number of fused-ring (bicyclic) bond motifs is 1. The molecule has 0 saturated heterocycles. The molecule has 0 bridgehead atoms. The quantitative estimate of drug-likeness (QED) is 0.605. The molecule has 1 aliphatic heterocycles. The predicted octanol–water partition coefficient (Wildman–Crippen LogP) is 3.76. The van der Waals surface area contributed by atoms with Crippen molar-refractivity contribution in [3.63, 3.8) is 0 Å². The van der Waals surface area contributed by atoms with Crippen LogP contribution in [0.1, 0.15) is 22.0 Å². The molecule has 0 amide bonds. The molecule has 2 aromatic rings. The average Bonchev–Trinajstić information content (AvgIpc) is 2.99. The SMILES string of the molecule is NNC(c1cc(Br)c(Br)s1)c1cccc2c1OCC2. The van der Waals surface area contributed by atoms with Gasteiger partial charge in [0.15, 0.2) is 0 Å². The van der Waals surface area contributed by atoms with Gasteiger partial charge >= 0.3 is 0 Å². The van der Waals surface area contributed by atoms with E-state index in [0.29, 0.717) is 0 Å². The maximum Gasteiger partial charge on any atom is 0.127 e. The second-order valence-electron chi connectivity index (χ2n) is 4.30. The van der Waals surface area contributed by atoms with Crippen LogP contribution in [0.5, 0.6) is 5.75 Å². The summed E-state index contributed by atoms with van der Waals surface area (Å²) in [6.07, 6.45) is 0.971. The smallest absolute Gasteiger partial charge is 0.127 e. The molecule has 0 radical (unpaired) electrons. The van der Waals surface area contributed by atoms with Crippen molar-refractivity contribution in [2.24, 2.45) is 5.84 Å². The molecule has 1 atom stereocenters. The van der Waals surface area contributed by atoms with E-state index in [1.807, 2.05) is 0 Å². The second kappa shape index (κ2) is 5.54. The lowest BCUT2D eigenvalue weighted by Crippen LogP contribution is -2.28. The van der Waals surface area contributed by atoms with E-state index in [4.69, 9.17) is 10.6 Å². The number of rotatable bonds is 3. The first kappa shape index (κ1) is 13.6. The van der Waals surface area contributed by atoms with Crippen molar-refractivity contribution >= 4 is 43.2 Å². The van der Waals surface area contributed by atoms with E-state index in [1.165, 1.54) is 5.56 Å². The number of halogens is 2. The third kappa shape index (κ3) is 2.48. The Labute approximate surface area is 132 Å². The number of thiophene rings is 1. The van der Waals surface area contributed by atoms with Gasteiger partial charge in [0.25, 0.3) is 0 Å². The summed E-state index contributed by atoms with van der Waals surface area (Å²) in [5, 5.41) is 0. The van der Waals surface area contributed by atoms with Crippen LogP contribution in [0, 0.1) is 0 Å². The largest absolute Gasteiger partial charge is 0.493 e. The summed E-state index contributed by atoms with van der Waals surface area (Å²) in [6.45, 7) is 0.751. The van der Waals surface area contributed by atoms with Gasteiger partial charge in [0.05, 0.1) is 16.4 Å². The molecule has 19 heavy (non-hydrogen) atoms. The summed E-state index contributed by atoms with van der Waals surface area (Å²) < 4.78 is 7.87. The Bertz CT molecular complexity index is 595. The normalized spacial score (nSPS) is 15.1. The molecule has 0 saturated carbocycles. The summed E-state index contributed by atoms with van der Waals surface area (Å²) in [7, 11) is 0. The first-order valence-electron chi connectivity index (χ1n) is 5.86. The predicted molar refractivity (Wildman–Crippen MR) is 84.5 cm³/mol. The summed E-state index contributed by atoms with van der Waals surface area (Å²) >= 11 is 8.69. The zero-order valence-electron chi connectivity index (χ0n) is 9.95. The van der Waals surface area contributed by atoms with Gasteiger partial charge in [-0.25, -0.2) is 5.43 Å². The third-order valence-electron chi connectivity index (χ3n) is 3.17. The highest BCUT2D eigenvalue weighted by Crippen LogP contribution is 2.41. The maximum absolute atomic E-state index is 5.76. The van der Waals surface area contributed by atoms with E-state index in [0.717, 1.165) is 37.5 Å². The lowest BCUT2D eigenvalue weighted by Gasteiger charge is -2.17. The fourth-order valence-electron chi connectivity index (χ4n) is 2.30. The van der Waals surface area contributed by atoms with Crippen molar-refractivity contribution in [3.05, 3.63) is 48.5 Å². The molecule has 0 aliphatic carbocycles. The molecule has 100 valence electrons. The molecule has 0 fully saturated rings. The Kier molecular flexibility index (Phi) is 3.96. The number of hydrogen-bond acceptors (Lipinski definition) is 4. The molecular weight excluding hydrogens is 392 g/mol. The Hall–Kier alpha value is -0.400. The van der Waals surface area contributed by atoms with Crippen molar-refractivity contribution in [1.29, 1.82) is 0 Å². The topological polar surface area (TPSA) is 47.3 Å². The first-order chi connectivity index (χ1) is 9.20. The van der Waals surface area contributed by atoms with Crippen LogP contribution in [-0.4, -0.2) is 6.61 Å². The van der Waals surface area contributed by atoms with Crippen molar-refractivity contribution in [3.8, 4) is 5.75 Å². The molecule has 1 aromatic carbocycles. The van der Waals surface area contributed by atoms with Crippen LogP contribution in [0.2, 0.25) is 0 Å². The van der Waals surface area contributed by atoms with Crippen LogP contribution in [0.25, 0.3) is 0 Å². The second-order valence-corrected chi connectivity index (χ2v) is 7.56. The Morgan fingerprint density at radius 2 is 2.21 bits per heavy atom. The molecule has 1 aromatic heterocycles. The molecule has 2 heterocycles. The van der Waals surface area contributed by atoms with Gasteiger partial charge in [0.1, 0.15) is 5.75 Å². The van der Waals surface area contributed by atoms with Crippen LogP contribution in [0.15, 0.2) is 32.5 Å². The highest BCUT2D eigenvalue weighted by molar-refractivity contribution is 9.13. The van der Waals surface area contributed by atoms with E-state index >= 15 is 0 Å². The summed E-state index contributed by atoms with van der Waals surface area (Å²) in [5.74, 6) is 6.74. The molecule has 6 heteroatoms. The van der Waals surface area contributed by atoms with Gasteiger partial charge < -0.3 is 4.74 Å². The summed E-state index contributed by atoms with van der Waals surface area (Å²) in [6, 6.07) is 8.26. The molecule has 3 nitrogen and oxygen atoms in total. The van der Waals surface area contributed by atoms with E-state index < -0.39 is 0 Å². The minimum absolute atomic E-state index is 0.0550. The van der Waals surface area contributed by atoms with E-state index in [-0.39, 0.29) is 6.04 Å². The summed E-state index contributed by atoms with van der Waals surface area (Å²) in [5.41, 5.74) is 5.25. The average molecular weight is 404 g/mol. The van der Waals surface area contributed by atoms with Gasteiger partial charge in [0.2, 0.25) is 0 Å². The van der Waals surface area contributed by atoms with Gasteiger partial charge in [-0.1, -0.05) is 18.2 Å². The number of ether oxygens (including phenoxy) is 1. The minimum atomic E-state index is -0.0550. The zero-order valence-corrected chi connectivity index (χ0v) is 13.9. The van der Waals surface area contributed by atoms with Gasteiger partial charge in [-0.15, -0.1) is 11.3 Å². The number of benzene rings is 1. The number of hydrazine groups is 1. The van der Waals surface area contributed by atoms with Gasteiger partial charge in [-0.3, -0.25) is 5.84 Å². The van der Waals surface area contributed by atoms with E-state index in [2.05, 4.69) is 61.6 Å². The van der Waals surface area contributed by atoms with Gasteiger partial charge in [0, 0.05) is 21.3 Å². The highest BCUT2D eigenvalue weighted by atomic mass is 79.9. The van der Waals surface area contributed by atoms with Crippen LogP contribution in [0.4, 0.5) is 0 Å². The van der Waals surface area contributed by atoms with Crippen molar-refractivity contribution < 1.29 is 4.74 Å². The zero-order chi connectivity index (χ0) is 13.4. The standard InChI is InChI=1S/C13H12Br2N2OS/c14-9-6-10(19-13(9)15)11(17-16)8-3-1-2-7-4-5-18-12(7)8/h1-3,6,11,17H,4-5,16H2. The lowest BCUT2D eigenvalue weighted by molar-refractivity contribution is 0.350. The van der Waals surface area contributed by atoms with Crippen molar-refractivity contribution in [1.82, 2.24) is 5.43 Å². The molecule has 0 spiro atoms. The van der Waals surface area contributed by atoms with E-state index in [9.17, 15) is 0 Å². The lowest BCUT2D eigenvalue weighted by atomic mass is 10.0. The first-order valence-corrected chi connectivity index (χ1v) is 8.26. The minimum Gasteiger partial charge on any atom is -0.493 e. The molecule has 1 unspecified atom stereocenters. The molecule has 3 N–H and O–H groups in total.